The number of likely N-dealkylation sites (tertiary alicyclic amines) is 1. The molecule has 1 aromatic rings. The fourth-order valence-electron chi connectivity index (χ4n) is 3.49. The molecule has 0 N–H and O–H groups in total. The van der Waals surface area contributed by atoms with Crippen LogP contribution in [0, 0.1) is 5.41 Å². The summed E-state index contributed by atoms with van der Waals surface area (Å²) in [7, 11) is 0. The fraction of sp³-hybridized carbons (Fsp3) is 0.667. The molecule has 144 valence electrons. The molecule has 2 aliphatic rings. The standard InChI is InChI=1S/C18H24F3N3O2/c1-16(2,3)26-15(25)23-9-7-17(8-10-23)11-24(12-17)14-6-4-5-13(22-14)18(19,20)21/h4-6H,7-12H2,1-3H3. The van der Waals surface area contributed by atoms with Crippen molar-refractivity contribution >= 4 is 11.9 Å². The average molecular weight is 371 g/mol. The van der Waals surface area contributed by atoms with Crippen LogP contribution in [0.4, 0.5) is 23.8 Å². The summed E-state index contributed by atoms with van der Waals surface area (Å²) < 4.78 is 43.8. The van der Waals surface area contributed by atoms with Crippen LogP contribution in [0.1, 0.15) is 39.3 Å². The van der Waals surface area contributed by atoms with Gasteiger partial charge >= 0.3 is 12.3 Å². The molecule has 0 unspecified atom stereocenters. The zero-order chi connectivity index (χ0) is 19.2. The summed E-state index contributed by atoms with van der Waals surface area (Å²) in [5, 5.41) is 0. The van der Waals surface area contributed by atoms with E-state index in [2.05, 4.69) is 4.98 Å². The van der Waals surface area contributed by atoms with Gasteiger partial charge in [-0.25, -0.2) is 9.78 Å². The highest BCUT2D eigenvalue weighted by Crippen LogP contribution is 2.42. The van der Waals surface area contributed by atoms with Crippen LogP contribution < -0.4 is 4.90 Å². The number of pyridine rings is 1. The van der Waals surface area contributed by atoms with Crippen molar-refractivity contribution in [3.63, 3.8) is 0 Å². The van der Waals surface area contributed by atoms with Crippen LogP contribution in [0.15, 0.2) is 18.2 Å². The predicted octanol–water partition coefficient (Wildman–Crippen LogP) is 3.94. The Bertz CT molecular complexity index is 669. The number of amides is 1. The first-order valence-corrected chi connectivity index (χ1v) is 8.75. The molecule has 3 rings (SSSR count). The summed E-state index contributed by atoms with van der Waals surface area (Å²) >= 11 is 0. The Morgan fingerprint density at radius 2 is 1.77 bits per heavy atom. The molecule has 0 radical (unpaired) electrons. The number of halogens is 3. The van der Waals surface area contributed by atoms with Crippen molar-refractivity contribution in [3.8, 4) is 0 Å². The Hall–Kier alpha value is -1.99. The number of aromatic nitrogens is 1. The summed E-state index contributed by atoms with van der Waals surface area (Å²) in [5.74, 6) is 0.361. The van der Waals surface area contributed by atoms with Crippen molar-refractivity contribution in [1.29, 1.82) is 0 Å². The molecular formula is C18H24F3N3O2. The maximum atomic E-state index is 12.8. The molecular weight excluding hydrogens is 347 g/mol. The van der Waals surface area contributed by atoms with Gasteiger partial charge in [-0.1, -0.05) is 6.07 Å². The van der Waals surface area contributed by atoms with Crippen LogP contribution in [0.2, 0.25) is 0 Å². The summed E-state index contributed by atoms with van der Waals surface area (Å²) in [4.78, 5) is 19.5. The third-order valence-corrected chi connectivity index (χ3v) is 4.88. The van der Waals surface area contributed by atoms with Gasteiger partial charge in [-0.3, -0.25) is 0 Å². The van der Waals surface area contributed by atoms with E-state index in [-0.39, 0.29) is 11.5 Å². The Kier molecular flexibility index (Phi) is 4.56. The first-order valence-electron chi connectivity index (χ1n) is 8.75. The number of rotatable bonds is 1. The van der Waals surface area contributed by atoms with Crippen LogP contribution >= 0.6 is 0 Å². The largest absolute Gasteiger partial charge is 0.444 e. The molecule has 1 aromatic heterocycles. The quantitative estimate of drug-likeness (QED) is 0.750. The molecule has 2 saturated heterocycles. The van der Waals surface area contributed by atoms with Gasteiger partial charge in [-0.15, -0.1) is 0 Å². The van der Waals surface area contributed by atoms with E-state index in [0.29, 0.717) is 32.0 Å². The Morgan fingerprint density at radius 3 is 2.31 bits per heavy atom. The number of nitrogens with zero attached hydrogens (tertiary/aromatic N) is 3. The monoisotopic (exact) mass is 371 g/mol. The number of piperidine rings is 1. The van der Waals surface area contributed by atoms with Crippen molar-refractivity contribution in [2.75, 3.05) is 31.1 Å². The van der Waals surface area contributed by atoms with E-state index in [9.17, 15) is 18.0 Å². The summed E-state index contributed by atoms with van der Waals surface area (Å²) in [6.45, 7) is 8.07. The zero-order valence-corrected chi connectivity index (χ0v) is 15.3. The highest BCUT2D eigenvalue weighted by Gasteiger charge is 2.46. The van der Waals surface area contributed by atoms with Crippen molar-refractivity contribution in [3.05, 3.63) is 23.9 Å². The van der Waals surface area contributed by atoms with Gasteiger partial charge < -0.3 is 14.5 Å². The molecule has 1 amide bonds. The number of carbonyl (C=O) groups excluding carboxylic acids is 1. The second-order valence-electron chi connectivity index (χ2n) is 8.20. The number of anilines is 1. The van der Waals surface area contributed by atoms with Gasteiger partial charge in [0.25, 0.3) is 0 Å². The Labute approximate surface area is 151 Å². The molecule has 0 aromatic carbocycles. The van der Waals surface area contributed by atoms with Crippen LogP contribution in [0.5, 0.6) is 0 Å². The van der Waals surface area contributed by atoms with Crippen molar-refractivity contribution in [2.45, 2.75) is 45.4 Å². The normalized spacial score (nSPS) is 20.1. The lowest BCUT2D eigenvalue weighted by Gasteiger charge is -2.54. The SMILES string of the molecule is CC(C)(C)OC(=O)N1CCC2(CC1)CN(c1cccc(C(F)(F)F)n1)C2. The molecule has 0 saturated carbocycles. The lowest BCUT2D eigenvalue weighted by molar-refractivity contribution is -0.141. The molecule has 8 heteroatoms. The summed E-state index contributed by atoms with van der Waals surface area (Å²) in [6, 6.07) is 3.98. The van der Waals surface area contributed by atoms with E-state index in [1.807, 2.05) is 25.7 Å². The highest BCUT2D eigenvalue weighted by molar-refractivity contribution is 5.68. The number of hydrogen-bond donors (Lipinski definition) is 0. The van der Waals surface area contributed by atoms with E-state index in [0.717, 1.165) is 18.9 Å². The molecule has 5 nitrogen and oxygen atoms in total. The fourth-order valence-corrected chi connectivity index (χ4v) is 3.49. The molecule has 1 spiro atoms. The first kappa shape index (κ1) is 18.8. The second kappa shape index (κ2) is 6.32. The van der Waals surface area contributed by atoms with E-state index >= 15 is 0 Å². The van der Waals surface area contributed by atoms with Gasteiger partial charge in [0.2, 0.25) is 0 Å². The van der Waals surface area contributed by atoms with Crippen molar-refractivity contribution in [1.82, 2.24) is 9.88 Å². The summed E-state index contributed by atoms with van der Waals surface area (Å²) in [6.07, 6.45) is -3.09. The Morgan fingerprint density at radius 1 is 1.15 bits per heavy atom. The van der Waals surface area contributed by atoms with E-state index in [1.54, 1.807) is 11.0 Å². The smallest absolute Gasteiger partial charge is 0.433 e. The van der Waals surface area contributed by atoms with E-state index in [4.69, 9.17) is 4.74 Å². The van der Waals surface area contributed by atoms with Crippen molar-refractivity contribution < 1.29 is 22.7 Å². The minimum Gasteiger partial charge on any atom is -0.444 e. The van der Waals surface area contributed by atoms with Gasteiger partial charge in [0.1, 0.15) is 17.1 Å². The van der Waals surface area contributed by atoms with E-state index < -0.39 is 17.5 Å². The lowest BCUT2D eigenvalue weighted by Crippen LogP contribution is -2.61. The van der Waals surface area contributed by atoms with Crippen LogP contribution in [-0.2, 0) is 10.9 Å². The maximum absolute atomic E-state index is 12.8. The number of carbonyl (C=O) groups is 1. The first-order chi connectivity index (χ1) is 12.0. The molecule has 2 aliphatic heterocycles. The molecule has 3 heterocycles. The third-order valence-electron chi connectivity index (χ3n) is 4.88. The molecule has 0 atom stereocenters. The van der Waals surface area contributed by atoms with Crippen molar-refractivity contribution in [2.24, 2.45) is 5.41 Å². The van der Waals surface area contributed by atoms with Gasteiger partial charge in [0.05, 0.1) is 0 Å². The topological polar surface area (TPSA) is 45.7 Å². The van der Waals surface area contributed by atoms with Gasteiger partial charge in [-0.05, 0) is 45.7 Å². The zero-order valence-electron chi connectivity index (χ0n) is 15.3. The van der Waals surface area contributed by atoms with Crippen LogP contribution in [0.25, 0.3) is 0 Å². The average Bonchev–Trinajstić information content (AvgIpc) is 2.50. The van der Waals surface area contributed by atoms with Gasteiger partial charge in [-0.2, -0.15) is 13.2 Å². The molecule has 2 fully saturated rings. The van der Waals surface area contributed by atoms with Crippen LogP contribution in [-0.4, -0.2) is 47.8 Å². The van der Waals surface area contributed by atoms with Crippen LogP contribution in [0.3, 0.4) is 0 Å². The highest BCUT2D eigenvalue weighted by atomic mass is 19.4. The molecule has 26 heavy (non-hydrogen) atoms. The minimum atomic E-state index is -4.43. The second-order valence-corrected chi connectivity index (χ2v) is 8.20. The maximum Gasteiger partial charge on any atom is 0.433 e. The van der Waals surface area contributed by atoms with Gasteiger partial charge in [0, 0.05) is 31.6 Å². The number of alkyl halides is 3. The lowest BCUT2D eigenvalue weighted by atomic mass is 9.72. The molecule has 0 aliphatic carbocycles. The Balaban J connectivity index is 1.55. The summed E-state index contributed by atoms with van der Waals surface area (Å²) in [5.41, 5.74) is -1.33. The number of ether oxygens (including phenoxy) is 1. The third kappa shape index (κ3) is 4.04. The molecule has 0 bridgehead atoms. The van der Waals surface area contributed by atoms with E-state index in [1.165, 1.54) is 6.07 Å². The number of hydrogen-bond acceptors (Lipinski definition) is 4. The predicted molar refractivity (Wildman–Crippen MR) is 90.9 cm³/mol. The van der Waals surface area contributed by atoms with Gasteiger partial charge in [0.15, 0.2) is 0 Å². The minimum absolute atomic E-state index is 0.0500.